The summed E-state index contributed by atoms with van der Waals surface area (Å²) in [6, 6.07) is 9.88. The normalized spacial score (nSPS) is 10.2. The number of rotatable bonds is 4. The summed E-state index contributed by atoms with van der Waals surface area (Å²) in [7, 11) is 0. The highest BCUT2D eigenvalue weighted by Gasteiger charge is 2.06. The molecule has 0 saturated carbocycles. The zero-order chi connectivity index (χ0) is 14.5. The van der Waals surface area contributed by atoms with Gasteiger partial charge in [0.25, 0.3) is 0 Å². The van der Waals surface area contributed by atoms with Crippen LogP contribution in [0.25, 0.3) is 0 Å². The molecule has 2 rings (SSSR count). The van der Waals surface area contributed by atoms with E-state index in [4.69, 9.17) is 11.6 Å². The summed E-state index contributed by atoms with van der Waals surface area (Å²) in [6.07, 6.45) is 0. The smallest absolute Gasteiger partial charge is 0.243 e. The number of carbonyl (C=O) groups is 1. The molecule has 0 unspecified atom stereocenters. The minimum atomic E-state index is -0.534. The van der Waals surface area contributed by atoms with Gasteiger partial charge in [-0.15, -0.1) is 0 Å². The number of halogens is 3. The molecule has 0 aromatic heterocycles. The molecule has 104 valence electrons. The largest absolute Gasteiger partial charge is 0.376 e. The summed E-state index contributed by atoms with van der Waals surface area (Å²) in [4.78, 5) is 11.6. The fraction of sp³-hybridized carbons (Fsp3) is 0.0714. The number of carbonyl (C=O) groups excluding carboxylic acids is 1. The molecule has 20 heavy (non-hydrogen) atoms. The molecule has 0 bridgehead atoms. The van der Waals surface area contributed by atoms with Crippen LogP contribution >= 0.6 is 11.6 Å². The first-order valence-corrected chi connectivity index (χ1v) is 6.17. The van der Waals surface area contributed by atoms with E-state index in [1.165, 1.54) is 36.4 Å². The number of nitrogens with one attached hydrogen (secondary N) is 2. The van der Waals surface area contributed by atoms with Crippen molar-refractivity contribution in [2.75, 3.05) is 17.2 Å². The Bertz CT molecular complexity index is 634. The lowest BCUT2D eigenvalue weighted by Gasteiger charge is -2.08. The van der Waals surface area contributed by atoms with Crippen LogP contribution < -0.4 is 10.6 Å². The third-order valence-corrected chi connectivity index (χ3v) is 2.81. The number of anilines is 2. The summed E-state index contributed by atoms with van der Waals surface area (Å²) in [5.41, 5.74) is 0.608. The predicted octanol–water partition coefficient (Wildman–Crippen LogP) is 3.67. The van der Waals surface area contributed by atoms with Gasteiger partial charge >= 0.3 is 0 Å². The molecule has 2 aromatic rings. The number of amides is 1. The monoisotopic (exact) mass is 296 g/mol. The summed E-state index contributed by atoms with van der Waals surface area (Å²) in [6.45, 7) is -0.0870. The maximum Gasteiger partial charge on any atom is 0.243 e. The van der Waals surface area contributed by atoms with Gasteiger partial charge in [-0.1, -0.05) is 23.7 Å². The summed E-state index contributed by atoms with van der Waals surface area (Å²) >= 11 is 5.61. The van der Waals surface area contributed by atoms with Crippen LogP contribution in [-0.4, -0.2) is 12.5 Å². The van der Waals surface area contributed by atoms with Crippen molar-refractivity contribution >= 4 is 28.9 Å². The maximum absolute atomic E-state index is 13.3. The van der Waals surface area contributed by atoms with E-state index in [2.05, 4.69) is 10.6 Å². The van der Waals surface area contributed by atoms with E-state index in [-0.39, 0.29) is 17.3 Å². The molecule has 1 amide bonds. The molecule has 6 heteroatoms. The third kappa shape index (κ3) is 3.68. The first-order chi connectivity index (χ1) is 9.56. The van der Waals surface area contributed by atoms with Gasteiger partial charge in [0.05, 0.1) is 17.3 Å². The summed E-state index contributed by atoms with van der Waals surface area (Å²) < 4.78 is 26.3. The molecule has 0 aliphatic heterocycles. The van der Waals surface area contributed by atoms with Gasteiger partial charge in [0.15, 0.2) is 0 Å². The molecule has 2 N–H and O–H groups in total. The second-order valence-corrected chi connectivity index (χ2v) is 4.42. The van der Waals surface area contributed by atoms with Crippen LogP contribution in [0.4, 0.5) is 20.2 Å². The number of hydrogen-bond acceptors (Lipinski definition) is 2. The lowest BCUT2D eigenvalue weighted by Crippen LogP contribution is -2.22. The molecule has 3 nitrogen and oxygen atoms in total. The van der Waals surface area contributed by atoms with Crippen LogP contribution in [0.2, 0.25) is 5.02 Å². The predicted molar refractivity (Wildman–Crippen MR) is 74.9 cm³/mol. The van der Waals surface area contributed by atoms with Gasteiger partial charge in [0.1, 0.15) is 11.6 Å². The number of hydrogen-bond donors (Lipinski definition) is 2. The molecular formula is C14H11ClF2N2O. The Morgan fingerprint density at radius 3 is 2.55 bits per heavy atom. The minimum absolute atomic E-state index is 0.0375. The molecule has 0 atom stereocenters. The Morgan fingerprint density at radius 1 is 1.10 bits per heavy atom. The van der Waals surface area contributed by atoms with Crippen LogP contribution in [0.3, 0.4) is 0 Å². The molecule has 2 aromatic carbocycles. The van der Waals surface area contributed by atoms with Crippen molar-refractivity contribution in [3.63, 3.8) is 0 Å². The standard InChI is InChI=1S/C14H11ClF2N2O/c15-10-7-9(5-6-11(10)16)18-8-14(20)19-13-4-2-1-3-12(13)17/h1-7,18H,8H2,(H,19,20). The van der Waals surface area contributed by atoms with Crippen LogP contribution in [0.15, 0.2) is 42.5 Å². The highest BCUT2D eigenvalue weighted by Crippen LogP contribution is 2.19. The Balaban J connectivity index is 1.92. The summed E-state index contributed by atoms with van der Waals surface area (Å²) in [5, 5.41) is 5.15. The van der Waals surface area contributed by atoms with Crippen molar-refractivity contribution in [2.24, 2.45) is 0 Å². The minimum Gasteiger partial charge on any atom is -0.376 e. The van der Waals surface area contributed by atoms with E-state index in [9.17, 15) is 13.6 Å². The molecular weight excluding hydrogens is 286 g/mol. The average molecular weight is 297 g/mol. The van der Waals surface area contributed by atoms with Crippen molar-refractivity contribution in [3.8, 4) is 0 Å². The fourth-order valence-electron chi connectivity index (χ4n) is 1.55. The molecule has 0 spiro atoms. The molecule has 0 radical (unpaired) electrons. The Labute approximate surface area is 119 Å². The SMILES string of the molecule is O=C(CNc1ccc(F)c(Cl)c1)Nc1ccccc1F. The molecule has 0 aliphatic rings. The fourth-order valence-corrected chi connectivity index (χ4v) is 1.73. The summed E-state index contributed by atoms with van der Waals surface area (Å²) in [5.74, 6) is -1.46. The van der Waals surface area contributed by atoms with Gasteiger partial charge in [-0.3, -0.25) is 4.79 Å². The van der Waals surface area contributed by atoms with Crippen molar-refractivity contribution in [1.82, 2.24) is 0 Å². The second-order valence-electron chi connectivity index (χ2n) is 4.01. The van der Waals surface area contributed by atoms with E-state index >= 15 is 0 Å². The van der Waals surface area contributed by atoms with Crippen LogP contribution in [0, 0.1) is 11.6 Å². The number of benzene rings is 2. The molecule has 0 aliphatic carbocycles. The van der Waals surface area contributed by atoms with Gasteiger partial charge in [-0.2, -0.15) is 0 Å². The topological polar surface area (TPSA) is 41.1 Å². The zero-order valence-electron chi connectivity index (χ0n) is 10.3. The van der Waals surface area contributed by atoms with Crippen molar-refractivity contribution in [2.45, 2.75) is 0 Å². The Morgan fingerprint density at radius 2 is 1.85 bits per heavy atom. The molecule has 0 fully saturated rings. The van der Waals surface area contributed by atoms with Gasteiger partial charge < -0.3 is 10.6 Å². The quantitative estimate of drug-likeness (QED) is 0.904. The van der Waals surface area contributed by atoms with E-state index in [1.807, 2.05) is 0 Å². The molecule has 0 saturated heterocycles. The third-order valence-electron chi connectivity index (χ3n) is 2.52. The van der Waals surface area contributed by atoms with E-state index in [0.29, 0.717) is 5.69 Å². The highest BCUT2D eigenvalue weighted by atomic mass is 35.5. The molecule has 0 heterocycles. The van der Waals surface area contributed by atoms with Gasteiger partial charge in [0.2, 0.25) is 5.91 Å². The van der Waals surface area contributed by atoms with Crippen LogP contribution in [0.5, 0.6) is 0 Å². The van der Waals surface area contributed by atoms with E-state index in [0.717, 1.165) is 0 Å². The van der Waals surface area contributed by atoms with E-state index < -0.39 is 17.5 Å². The Kier molecular flexibility index (Phi) is 4.53. The average Bonchev–Trinajstić information content (AvgIpc) is 2.43. The van der Waals surface area contributed by atoms with Crippen molar-refractivity contribution < 1.29 is 13.6 Å². The lowest BCUT2D eigenvalue weighted by molar-refractivity contribution is -0.114. The van der Waals surface area contributed by atoms with Gasteiger partial charge in [-0.05, 0) is 30.3 Å². The van der Waals surface area contributed by atoms with Crippen molar-refractivity contribution in [1.29, 1.82) is 0 Å². The maximum atomic E-state index is 13.3. The first kappa shape index (κ1) is 14.3. The zero-order valence-corrected chi connectivity index (χ0v) is 11.0. The second kappa shape index (κ2) is 6.34. The van der Waals surface area contributed by atoms with Crippen molar-refractivity contribution in [3.05, 3.63) is 59.1 Å². The number of para-hydroxylation sites is 1. The van der Waals surface area contributed by atoms with Gasteiger partial charge in [-0.25, -0.2) is 8.78 Å². The Hall–Kier alpha value is -2.14. The highest BCUT2D eigenvalue weighted by molar-refractivity contribution is 6.31. The van der Waals surface area contributed by atoms with E-state index in [1.54, 1.807) is 6.07 Å². The van der Waals surface area contributed by atoms with Gasteiger partial charge in [0, 0.05) is 5.69 Å². The lowest BCUT2D eigenvalue weighted by atomic mass is 10.3. The van der Waals surface area contributed by atoms with Crippen LogP contribution in [-0.2, 0) is 4.79 Å². The first-order valence-electron chi connectivity index (χ1n) is 5.79. The van der Waals surface area contributed by atoms with Crippen LogP contribution in [0.1, 0.15) is 0 Å².